The molecule has 18 heavy (non-hydrogen) atoms. The predicted octanol–water partition coefficient (Wildman–Crippen LogP) is 2.90. The van der Waals surface area contributed by atoms with Crippen LogP contribution in [0.5, 0.6) is 5.75 Å². The van der Waals surface area contributed by atoms with E-state index in [-0.39, 0.29) is 12.6 Å². The van der Waals surface area contributed by atoms with Crippen LogP contribution in [0.3, 0.4) is 0 Å². The zero-order chi connectivity index (χ0) is 12.8. The highest BCUT2D eigenvalue weighted by molar-refractivity contribution is 7.11. The van der Waals surface area contributed by atoms with Gasteiger partial charge in [0.2, 0.25) is 0 Å². The number of thiazole rings is 1. The Morgan fingerprint density at radius 2 is 2.11 bits per heavy atom. The molecular formula is C13H13NO3S. The van der Waals surface area contributed by atoms with Crippen molar-refractivity contribution in [3.63, 3.8) is 0 Å². The summed E-state index contributed by atoms with van der Waals surface area (Å²) < 4.78 is 10.5. The molecule has 2 rings (SSSR count). The van der Waals surface area contributed by atoms with E-state index in [2.05, 4.69) is 4.98 Å². The first-order valence-electron chi connectivity index (χ1n) is 5.58. The molecule has 94 valence electrons. The first-order chi connectivity index (χ1) is 8.81. The van der Waals surface area contributed by atoms with E-state index in [1.807, 2.05) is 30.3 Å². The molecule has 0 amide bonds. The van der Waals surface area contributed by atoms with Gasteiger partial charge >= 0.3 is 5.97 Å². The van der Waals surface area contributed by atoms with E-state index in [1.54, 1.807) is 12.4 Å². The highest BCUT2D eigenvalue weighted by Gasteiger charge is 2.16. The first-order valence-corrected chi connectivity index (χ1v) is 6.46. The van der Waals surface area contributed by atoms with Gasteiger partial charge in [-0.05, 0) is 19.1 Å². The minimum Gasteiger partial charge on any atom is -0.487 e. The SMILES string of the molecule is CCOC(=O)c1scnc1COc1ccccc1. The van der Waals surface area contributed by atoms with E-state index in [0.29, 0.717) is 17.2 Å². The Balaban J connectivity index is 2.02. The number of hydrogen-bond acceptors (Lipinski definition) is 5. The Kier molecular flexibility index (Phi) is 4.30. The second-order valence-electron chi connectivity index (χ2n) is 3.45. The summed E-state index contributed by atoms with van der Waals surface area (Å²) in [5, 5.41) is 0. The third-order valence-electron chi connectivity index (χ3n) is 2.22. The van der Waals surface area contributed by atoms with Crippen LogP contribution in [-0.2, 0) is 11.3 Å². The van der Waals surface area contributed by atoms with Crippen molar-refractivity contribution in [2.24, 2.45) is 0 Å². The van der Waals surface area contributed by atoms with Crippen LogP contribution < -0.4 is 4.74 Å². The van der Waals surface area contributed by atoms with E-state index in [0.717, 1.165) is 5.75 Å². The molecule has 0 fully saturated rings. The number of carbonyl (C=O) groups is 1. The fourth-order valence-corrected chi connectivity index (χ4v) is 2.09. The fraction of sp³-hybridized carbons (Fsp3) is 0.231. The van der Waals surface area contributed by atoms with Crippen molar-refractivity contribution in [1.82, 2.24) is 4.98 Å². The van der Waals surface area contributed by atoms with E-state index in [9.17, 15) is 4.79 Å². The van der Waals surface area contributed by atoms with Crippen LogP contribution >= 0.6 is 11.3 Å². The molecule has 0 bridgehead atoms. The number of hydrogen-bond donors (Lipinski definition) is 0. The van der Waals surface area contributed by atoms with Gasteiger partial charge in [0.05, 0.1) is 12.1 Å². The quantitative estimate of drug-likeness (QED) is 0.778. The van der Waals surface area contributed by atoms with Crippen LogP contribution in [-0.4, -0.2) is 17.6 Å². The van der Waals surface area contributed by atoms with Crippen molar-refractivity contribution < 1.29 is 14.3 Å². The topological polar surface area (TPSA) is 48.4 Å². The molecule has 2 aromatic rings. The van der Waals surface area contributed by atoms with Gasteiger partial charge in [0.15, 0.2) is 0 Å². The molecule has 5 heteroatoms. The van der Waals surface area contributed by atoms with Gasteiger partial charge in [0.25, 0.3) is 0 Å². The molecule has 0 aliphatic rings. The summed E-state index contributed by atoms with van der Waals surface area (Å²) in [7, 11) is 0. The fourth-order valence-electron chi connectivity index (χ4n) is 1.40. The smallest absolute Gasteiger partial charge is 0.350 e. The largest absolute Gasteiger partial charge is 0.487 e. The summed E-state index contributed by atoms with van der Waals surface area (Å²) in [5.74, 6) is 0.409. The Hall–Kier alpha value is -1.88. The van der Waals surface area contributed by atoms with Gasteiger partial charge in [-0.2, -0.15) is 0 Å². The van der Waals surface area contributed by atoms with Crippen LogP contribution in [0.4, 0.5) is 0 Å². The minimum atomic E-state index is -0.341. The predicted molar refractivity (Wildman–Crippen MR) is 68.8 cm³/mol. The van der Waals surface area contributed by atoms with Crippen molar-refractivity contribution in [2.45, 2.75) is 13.5 Å². The molecule has 0 aliphatic carbocycles. The maximum atomic E-state index is 11.6. The molecule has 0 unspecified atom stereocenters. The molecule has 1 aromatic carbocycles. The van der Waals surface area contributed by atoms with Crippen molar-refractivity contribution in [3.8, 4) is 5.75 Å². The number of esters is 1. The summed E-state index contributed by atoms with van der Waals surface area (Å²) in [5.41, 5.74) is 2.23. The molecule has 0 aliphatic heterocycles. The van der Waals surface area contributed by atoms with Crippen molar-refractivity contribution >= 4 is 17.3 Å². The van der Waals surface area contributed by atoms with Gasteiger partial charge in [-0.1, -0.05) is 18.2 Å². The van der Waals surface area contributed by atoms with E-state index < -0.39 is 0 Å². The lowest BCUT2D eigenvalue weighted by molar-refractivity contribution is 0.0529. The maximum Gasteiger partial charge on any atom is 0.350 e. The average molecular weight is 263 g/mol. The Bertz CT molecular complexity index is 510. The molecule has 1 aromatic heterocycles. The molecule has 4 nitrogen and oxygen atoms in total. The van der Waals surface area contributed by atoms with Crippen molar-refractivity contribution in [1.29, 1.82) is 0 Å². The Morgan fingerprint density at radius 1 is 1.33 bits per heavy atom. The normalized spacial score (nSPS) is 10.1. The number of nitrogens with zero attached hydrogens (tertiary/aromatic N) is 1. The minimum absolute atomic E-state index is 0.266. The number of ether oxygens (including phenoxy) is 2. The summed E-state index contributed by atoms with van der Waals surface area (Å²) in [6, 6.07) is 9.41. The lowest BCUT2D eigenvalue weighted by Crippen LogP contribution is -2.07. The summed E-state index contributed by atoms with van der Waals surface area (Å²) in [6.07, 6.45) is 0. The molecule has 0 spiro atoms. The van der Waals surface area contributed by atoms with Gasteiger partial charge in [0.1, 0.15) is 22.9 Å². The molecular weight excluding hydrogens is 250 g/mol. The third-order valence-corrected chi connectivity index (χ3v) is 3.07. The van der Waals surface area contributed by atoms with Crippen molar-refractivity contribution in [2.75, 3.05) is 6.61 Å². The van der Waals surface area contributed by atoms with Crippen LogP contribution in [0.15, 0.2) is 35.8 Å². The van der Waals surface area contributed by atoms with Gasteiger partial charge in [-0.15, -0.1) is 11.3 Å². The van der Waals surface area contributed by atoms with E-state index in [1.165, 1.54) is 11.3 Å². The standard InChI is InChI=1S/C13H13NO3S/c1-2-16-13(15)12-11(14-9-18-12)8-17-10-6-4-3-5-7-10/h3-7,9H,2,8H2,1H3. The van der Waals surface area contributed by atoms with Crippen LogP contribution in [0.25, 0.3) is 0 Å². The average Bonchev–Trinajstić information content (AvgIpc) is 2.86. The lowest BCUT2D eigenvalue weighted by Gasteiger charge is -2.05. The monoisotopic (exact) mass is 263 g/mol. The van der Waals surface area contributed by atoms with Crippen LogP contribution in [0.2, 0.25) is 0 Å². The molecule has 0 atom stereocenters. The molecule has 0 N–H and O–H groups in total. The zero-order valence-electron chi connectivity index (χ0n) is 9.96. The highest BCUT2D eigenvalue weighted by atomic mass is 32.1. The number of rotatable bonds is 5. The first kappa shape index (κ1) is 12.6. The molecule has 1 heterocycles. The molecule has 0 saturated carbocycles. The number of aromatic nitrogens is 1. The zero-order valence-corrected chi connectivity index (χ0v) is 10.8. The Labute approximate surface area is 109 Å². The number of para-hydroxylation sites is 1. The second kappa shape index (κ2) is 6.16. The summed E-state index contributed by atoms with van der Waals surface area (Å²) >= 11 is 1.27. The molecule has 0 radical (unpaired) electrons. The number of carbonyl (C=O) groups excluding carboxylic acids is 1. The van der Waals surface area contributed by atoms with E-state index >= 15 is 0 Å². The van der Waals surface area contributed by atoms with Crippen molar-refractivity contribution in [3.05, 3.63) is 46.4 Å². The van der Waals surface area contributed by atoms with Crippen LogP contribution in [0.1, 0.15) is 22.3 Å². The van der Waals surface area contributed by atoms with Gasteiger partial charge in [-0.25, -0.2) is 9.78 Å². The second-order valence-corrected chi connectivity index (χ2v) is 4.31. The van der Waals surface area contributed by atoms with Gasteiger partial charge < -0.3 is 9.47 Å². The van der Waals surface area contributed by atoms with Gasteiger partial charge in [0, 0.05) is 0 Å². The van der Waals surface area contributed by atoms with E-state index in [4.69, 9.17) is 9.47 Å². The van der Waals surface area contributed by atoms with Crippen LogP contribution in [0, 0.1) is 0 Å². The van der Waals surface area contributed by atoms with Gasteiger partial charge in [-0.3, -0.25) is 0 Å². The Morgan fingerprint density at radius 3 is 2.83 bits per heavy atom. The number of benzene rings is 1. The molecule has 0 saturated heterocycles. The third kappa shape index (κ3) is 3.07. The highest BCUT2D eigenvalue weighted by Crippen LogP contribution is 2.17. The summed E-state index contributed by atoms with van der Waals surface area (Å²) in [6.45, 7) is 2.40. The summed E-state index contributed by atoms with van der Waals surface area (Å²) in [4.78, 5) is 16.3. The lowest BCUT2D eigenvalue weighted by atomic mass is 10.3. The maximum absolute atomic E-state index is 11.6.